The lowest BCUT2D eigenvalue weighted by Gasteiger charge is -2.13. The summed E-state index contributed by atoms with van der Waals surface area (Å²) in [4.78, 5) is 0. The maximum atomic E-state index is 10.1. The molecule has 3 heteroatoms. The van der Waals surface area contributed by atoms with E-state index in [1.165, 1.54) is 0 Å². The van der Waals surface area contributed by atoms with Gasteiger partial charge < -0.3 is 5.11 Å². The van der Waals surface area contributed by atoms with Gasteiger partial charge in [0.15, 0.2) is 0 Å². The predicted octanol–water partition coefficient (Wildman–Crippen LogP) is 4.25. The molecule has 1 aromatic rings. The Kier molecular flexibility index (Phi) is 3.49. The van der Waals surface area contributed by atoms with Crippen LogP contribution in [0.25, 0.3) is 0 Å². The maximum Gasteiger partial charge on any atom is 0.100 e. The van der Waals surface area contributed by atoms with Gasteiger partial charge in [-0.2, -0.15) is 0 Å². The van der Waals surface area contributed by atoms with Gasteiger partial charge in [0.1, 0.15) is 6.10 Å². The molecule has 0 aliphatic heterocycles. The Balaban J connectivity index is 2.28. The van der Waals surface area contributed by atoms with Crippen LogP contribution in [0, 0.1) is 0 Å². The third-order valence-electron chi connectivity index (χ3n) is 2.63. The van der Waals surface area contributed by atoms with E-state index in [-0.39, 0.29) is 0 Å². The third kappa shape index (κ3) is 2.63. The fourth-order valence-electron chi connectivity index (χ4n) is 1.89. The molecule has 0 radical (unpaired) electrons. The first kappa shape index (κ1) is 11.2. The minimum Gasteiger partial charge on any atom is -0.384 e. The largest absolute Gasteiger partial charge is 0.384 e. The maximum absolute atomic E-state index is 10.1. The van der Waals surface area contributed by atoms with Crippen LogP contribution in [0.1, 0.15) is 30.9 Å². The first-order valence-electron chi connectivity index (χ1n) is 5.00. The monoisotopic (exact) mass is 286 g/mol. The number of aliphatic hydroxyl groups excluding tert-OH is 1. The van der Waals surface area contributed by atoms with Gasteiger partial charge in [-0.1, -0.05) is 33.6 Å². The van der Waals surface area contributed by atoms with Crippen molar-refractivity contribution in [3.8, 4) is 0 Å². The van der Waals surface area contributed by atoms with Gasteiger partial charge in [-0.3, -0.25) is 0 Å². The third-order valence-corrected chi connectivity index (χ3v) is 3.30. The normalized spacial score (nSPS) is 17.7. The lowest BCUT2D eigenvalue weighted by Crippen LogP contribution is -1.99. The summed E-state index contributed by atoms with van der Waals surface area (Å²) in [6.07, 6.45) is 4.84. The van der Waals surface area contributed by atoms with Crippen molar-refractivity contribution in [2.24, 2.45) is 0 Å². The molecule has 1 nitrogen and oxygen atoms in total. The average Bonchev–Trinajstić information content (AvgIpc) is 2.67. The Morgan fingerprint density at radius 3 is 2.73 bits per heavy atom. The fourth-order valence-corrected chi connectivity index (χ4v) is 2.78. The van der Waals surface area contributed by atoms with Crippen molar-refractivity contribution in [2.75, 3.05) is 0 Å². The lowest BCUT2D eigenvalue weighted by atomic mass is 10.0. The van der Waals surface area contributed by atoms with Crippen molar-refractivity contribution in [3.05, 3.63) is 44.9 Å². The summed E-state index contributed by atoms with van der Waals surface area (Å²) in [5.41, 5.74) is 1.98. The molecule has 2 rings (SSSR count). The van der Waals surface area contributed by atoms with E-state index < -0.39 is 6.10 Å². The SMILES string of the molecule is OC(C1=CCCC1)c1cc(Cl)cc(Br)c1. The molecule has 0 amide bonds. The van der Waals surface area contributed by atoms with Crippen LogP contribution >= 0.6 is 27.5 Å². The summed E-state index contributed by atoms with van der Waals surface area (Å²) in [7, 11) is 0. The summed E-state index contributed by atoms with van der Waals surface area (Å²) in [6, 6.07) is 5.55. The number of hydrogen-bond donors (Lipinski definition) is 1. The first-order valence-corrected chi connectivity index (χ1v) is 6.17. The van der Waals surface area contributed by atoms with Gasteiger partial charge in [0.2, 0.25) is 0 Å². The molecule has 0 saturated heterocycles. The number of allylic oxidation sites excluding steroid dienone is 1. The van der Waals surface area contributed by atoms with Gasteiger partial charge in [-0.05, 0) is 48.6 Å². The highest BCUT2D eigenvalue weighted by atomic mass is 79.9. The second-order valence-electron chi connectivity index (χ2n) is 3.78. The summed E-state index contributed by atoms with van der Waals surface area (Å²) < 4.78 is 0.905. The number of halogens is 2. The second kappa shape index (κ2) is 4.69. The standard InChI is InChI=1S/C12H12BrClO/c13-10-5-9(6-11(14)7-10)12(15)8-3-1-2-4-8/h3,5-7,12,15H,1-2,4H2. The van der Waals surface area contributed by atoms with E-state index in [1.807, 2.05) is 18.2 Å². The molecule has 1 aliphatic carbocycles. The van der Waals surface area contributed by atoms with E-state index in [1.54, 1.807) is 0 Å². The van der Waals surface area contributed by atoms with Crippen molar-refractivity contribution in [1.82, 2.24) is 0 Å². The zero-order valence-corrected chi connectivity index (χ0v) is 10.6. The Hall–Kier alpha value is -0.310. The summed E-state index contributed by atoms with van der Waals surface area (Å²) >= 11 is 9.32. The zero-order valence-electron chi connectivity index (χ0n) is 8.21. The molecule has 15 heavy (non-hydrogen) atoms. The predicted molar refractivity (Wildman–Crippen MR) is 66.0 cm³/mol. The van der Waals surface area contributed by atoms with Crippen LogP contribution in [0.5, 0.6) is 0 Å². The minimum atomic E-state index is -0.498. The highest BCUT2D eigenvalue weighted by Crippen LogP contribution is 2.33. The number of aliphatic hydroxyl groups is 1. The summed E-state index contributed by atoms with van der Waals surface area (Å²) in [5.74, 6) is 0. The summed E-state index contributed by atoms with van der Waals surface area (Å²) in [6.45, 7) is 0. The molecule has 0 heterocycles. The Labute approximate surface area is 103 Å². The minimum absolute atomic E-state index is 0.498. The van der Waals surface area contributed by atoms with Crippen molar-refractivity contribution < 1.29 is 5.11 Å². The molecule has 0 saturated carbocycles. The van der Waals surface area contributed by atoms with Crippen LogP contribution < -0.4 is 0 Å². The van der Waals surface area contributed by atoms with Crippen LogP contribution in [-0.2, 0) is 0 Å². The van der Waals surface area contributed by atoms with E-state index in [2.05, 4.69) is 22.0 Å². The van der Waals surface area contributed by atoms with E-state index in [0.717, 1.165) is 34.9 Å². The molecule has 1 unspecified atom stereocenters. The number of hydrogen-bond acceptors (Lipinski definition) is 1. The molecule has 1 N–H and O–H groups in total. The zero-order chi connectivity index (χ0) is 10.8. The molecule has 0 spiro atoms. The fraction of sp³-hybridized carbons (Fsp3) is 0.333. The lowest BCUT2D eigenvalue weighted by molar-refractivity contribution is 0.212. The van der Waals surface area contributed by atoms with Gasteiger partial charge in [0.05, 0.1) is 0 Å². The van der Waals surface area contributed by atoms with Gasteiger partial charge in [-0.25, -0.2) is 0 Å². The molecule has 1 atom stereocenters. The van der Waals surface area contributed by atoms with Crippen LogP contribution in [0.2, 0.25) is 5.02 Å². The first-order chi connectivity index (χ1) is 7.16. The topological polar surface area (TPSA) is 20.2 Å². The Bertz CT molecular complexity index is 380. The molecule has 1 aliphatic rings. The summed E-state index contributed by atoms with van der Waals surface area (Å²) in [5, 5.41) is 10.8. The molecule has 0 fully saturated rings. The number of rotatable bonds is 2. The molecule has 0 bridgehead atoms. The van der Waals surface area contributed by atoms with Crippen LogP contribution in [0.15, 0.2) is 34.3 Å². The molecule has 0 aromatic heterocycles. The second-order valence-corrected chi connectivity index (χ2v) is 5.13. The van der Waals surface area contributed by atoms with Crippen molar-refractivity contribution in [3.63, 3.8) is 0 Å². The van der Waals surface area contributed by atoms with Gasteiger partial charge in [0.25, 0.3) is 0 Å². The van der Waals surface area contributed by atoms with Crippen LogP contribution in [0.4, 0.5) is 0 Å². The van der Waals surface area contributed by atoms with Gasteiger partial charge >= 0.3 is 0 Å². The van der Waals surface area contributed by atoms with Gasteiger partial charge in [-0.15, -0.1) is 0 Å². The van der Waals surface area contributed by atoms with Gasteiger partial charge in [0, 0.05) is 9.50 Å². The number of benzene rings is 1. The van der Waals surface area contributed by atoms with Crippen molar-refractivity contribution in [1.29, 1.82) is 0 Å². The van der Waals surface area contributed by atoms with E-state index >= 15 is 0 Å². The molecular formula is C12H12BrClO. The molecule has 80 valence electrons. The van der Waals surface area contributed by atoms with Crippen molar-refractivity contribution in [2.45, 2.75) is 25.4 Å². The molecular weight excluding hydrogens is 275 g/mol. The van der Waals surface area contributed by atoms with E-state index in [9.17, 15) is 5.11 Å². The van der Waals surface area contributed by atoms with Crippen molar-refractivity contribution >= 4 is 27.5 Å². The highest BCUT2D eigenvalue weighted by molar-refractivity contribution is 9.10. The van der Waals surface area contributed by atoms with E-state index in [0.29, 0.717) is 5.02 Å². The molecule has 1 aromatic carbocycles. The average molecular weight is 288 g/mol. The van der Waals surface area contributed by atoms with E-state index in [4.69, 9.17) is 11.6 Å². The van der Waals surface area contributed by atoms with Crippen LogP contribution in [-0.4, -0.2) is 5.11 Å². The highest BCUT2D eigenvalue weighted by Gasteiger charge is 2.16. The van der Waals surface area contributed by atoms with Crippen LogP contribution in [0.3, 0.4) is 0 Å². The Morgan fingerprint density at radius 2 is 2.13 bits per heavy atom. The quantitative estimate of drug-likeness (QED) is 0.806. The smallest absolute Gasteiger partial charge is 0.100 e. The Morgan fingerprint density at radius 1 is 1.33 bits per heavy atom.